The Morgan fingerprint density at radius 3 is 2.65 bits per heavy atom. The smallest absolute Gasteiger partial charge is 0.271 e. The maximum Gasteiger partial charge on any atom is 0.271 e. The molecule has 1 amide bonds. The molecule has 0 bridgehead atoms. The van der Waals surface area contributed by atoms with E-state index in [0.717, 1.165) is 6.07 Å². The van der Waals surface area contributed by atoms with Gasteiger partial charge in [0.2, 0.25) is 11.7 Å². The number of halogens is 3. The van der Waals surface area contributed by atoms with Crippen LogP contribution < -0.4 is 10.1 Å². The van der Waals surface area contributed by atoms with Crippen LogP contribution in [0.2, 0.25) is 0 Å². The number of carbonyl (C=O) groups excluding carboxylic acids is 1. The number of aromatic nitrogens is 2. The molecular weight excluding hydrogens is 336 g/mol. The third-order valence-electron chi connectivity index (χ3n) is 2.27. The van der Waals surface area contributed by atoms with Crippen molar-refractivity contribution >= 4 is 21.8 Å². The minimum atomic E-state index is -1.13. The van der Waals surface area contributed by atoms with Gasteiger partial charge in [0.1, 0.15) is 0 Å². The van der Waals surface area contributed by atoms with Crippen molar-refractivity contribution in [1.82, 2.24) is 15.5 Å². The van der Waals surface area contributed by atoms with E-state index in [1.807, 2.05) is 0 Å². The first-order chi connectivity index (χ1) is 9.51. The van der Waals surface area contributed by atoms with E-state index < -0.39 is 17.5 Å². The number of benzene rings is 1. The molecule has 0 saturated carbocycles. The van der Waals surface area contributed by atoms with Crippen LogP contribution >= 0.6 is 15.9 Å². The van der Waals surface area contributed by atoms with Gasteiger partial charge < -0.3 is 10.1 Å². The maximum absolute atomic E-state index is 13.5. The Morgan fingerprint density at radius 1 is 1.30 bits per heavy atom. The minimum Gasteiger partial charge on any atom is -0.434 e. The molecule has 1 aromatic carbocycles. The molecule has 2 aromatic rings. The van der Waals surface area contributed by atoms with E-state index in [1.54, 1.807) is 0 Å². The number of rotatable bonds is 3. The lowest BCUT2D eigenvalue weighted by Crippen LogP contribution is -2.19. The zero-order valence-corrected chi connectivity index (χ0v) is 11.7. The first-order valence-corrected chi connectivity index (χ1v) is 6.18. The lowest BCUT2D eigenvalue weighted by atomic mass is 10.3. The molecule has 8 heteroatoms. The zero-order valence-electron chi connectivity index (χ0n) is 10.2. The molecule has 0 spiro atoms. The van der Waals surface area contributed by atoms with Gasteiger partial charge in [0.05, 0.1) is 0 Å². The van der Waals surface area contributed by atoms with Crippen molar-refractivity contribution in [1.29, 1.82) is 0 Å². The topological polar surface area (TPSA) is 64.1 Å². The number of hydrogen-bond donors (Lipinski definition) is 1. The number of nitrogens with one attached hydrogen (secondary N) is 1. The van der Waals surface area contributed by atoms with Gasteiger partial charge in [0, 0.05) is 17.6 Å². The molecule has 1 heterocycles. The second-order valence-corrected chi connectivity index (χ2v) is 4.55. The summed E-state index contributed by atoms with van der Waals surface area (Å²) in [6, 6.07) is 4.92. The summed E-state index contributed by atoms with van der Waals surface area (Å²) in [6.07, 6.45) is 0. The lowest BCUT2D eigenvalue weighted by Gasteiger charge is -2.06. The summed E-state index contributed by atoms with van der Waals surface area (Å²) < 4.78 is 32.1. The Bertz CT molecular complexity index is 650. The third kappa shape index (κ3) is 3.08. The second-order valence-electron chi connectivity index (χ2n) is 3.64. The number of hydrogen-bond acceptors (Lipinski definition) is 4. The Morgan fingerprint density at radius 2 is 2.05 bits per heavy atom. The van der Waals surface area contributed by atoms with Crippen LogP contribution in [0.1, 0.15) is 10.5 Å². The predicted octanol–water partition coefficient (Wildman–Crippen LogP) is 2.67. The van der Waals surface area contributed by atoms with Crippen molar-refractivity contribution < 1.29 is 18.3 Å². The molecule has 0 aliphatic carbocycles. The van der Waals surface area contributed by atoms with Crippen molar-refractivity contribution in [2.75, 3.05) is 7.05 Å². The Balaban J connectivity index is 2.24. The van der Waals surface area contributed by atoms with E-state index in [0.29, 0.717) is 4.47 Å². The zero-order chi connectivity index (χ0) is 14.7. The summed E-state index contributed by atoms with van der Waals surface area (Å²) in [6.45, 7) is 0. The van der Waals surface area contributed by atoms with Crippen molar-refractivity contribution in [3.8, 4) is 11.6 Å². The van der Waals surface area contributed by atoms with Crippen molar-refractivity contribution in [2.45, 2.75) is 0 Å². The van der Waals surface area contributed by atoms with Crippen LogP contribution in [0.4, 0.5) is 8.78 Å². The van der Waals surface area contributed by atoms with E-state index in [2.05, 4.69) is 31.4 Å². The Kier molecular flexibility index (Phi) is 4.23. The molecule has 0 fully saturated rings. The summed E-state index contributed by atoms with van der Waals surface area (Å²) in [5, 5.41) is 9.59. The van der Waals surface area contributed by atoms with Gasteiger partial charge in [-0.3, -0.25) is 4.79 Å². The van der Waals surface area contributed by atoms with Crippen LogP contribution in [0.5, 0.6) is 11.6 Å². The third-order valence-corrected chi connectivity index (χ3v) is 2.73. The summed E-state index contributed by atoms with van der Waals surface area (Å²) in [7, 11) is 1.45. The van der Waals surface area contributed by atoms with Crippen molar-refractivity contribution in [2.24, 2.45) is 0 Å². The van der Waals surface area contributed by atoms with E-state index in [4.69, 9.17) is 4.74 Å². The van der Waals surface area contributed by atoms with E-state index in [-0.39, 0.29) is 17.3 Å². The molecule has 2 rings (SSSR count). The SMILES string of the molecule is CNC(=O)c1ccc(Oc2cc(Br)cc(F)c2F)nn1. The van der Waals surface area contributed by atoms with Crippen LogP contribution in [0.25, 0.3) is 0 Å². The van der Waals surface area contributed by atoms with Crippen LogP contribution in [-0.2, 0) is 0 Å². The summed E-state index contributed by atoms with van der Waals surface area (Å²) in [5.41, 5.74) is 0.0840. The first kappa shape index (κ1) is 14.3. The molecular formula is C12H8BrF2N3O2. The van der Waals surface area contributed by atoms with Gasteiger partial charge in [0.15, 0.2) is 17.3 Å². The van der Waals surface area contributed by atoms with Crippen LogP contribution in [-0.4, -0.2) is 23.2 Å². The van der Waals surface area contributed by atoms with E-state index in [1.165, 1.54) is 25.2 Å². The number of nitrogens with zero attached hydrogens (tertiary/aromatic N) is 2. The second kappa shape index (κ2) is 5.91. The monoisotopic (exact) mass is 343 g/mol. The molecule has 1 aromatic heterocycles. The van der Waals surface area contributed by atoms with Gasteiger partial charge in [-0.1, -0.05) is 15.9 Å². The highest BCUT2D eigenvalue weighted by Crippen LogP contribution is 2.28. The molecule has 0 aliphatic heterocycles. The summed E-state index contributed by atoms with van der Waals surface area (Å²) in [5.74, 6) is -2.99. The molecule has 1 N–H and O–H groups in total. The molecule has 0 saturated heterocycles. The van der Waals surface area contributed by atoms with Gasteiger partial charge in [-0.2, -0.15) is 4.39 Å². The molecule has 0 atom stereocenters. The Hall–Kier alpha value is -2.09. The van der Waals surface area contributed by atoms with E-state index >= 15 is 0 Å². The summed E-state index contributed by atoms with van der Waals surface area (Å²) >= 11 is 3.02. The fourth-order valence-corrected chi connectivity index (χ4v) is 1.75. The quantitative estimate of drug-likeness (QED) is 0.870. The molecule has 0 aliphatic rings. The molecule has 20 heavy (non-hydrogen) atoms. The van der Waals surface area contributed by atoms with Gasteiger partial charge in [-0.15, -0.1) is 10.2 Å². The average Bonchev–Trinajstić information content (AvgIpc) is 2.44. The normalized spacial score (nSPS) is 10.2. The first-order valence-electron chi connectivity index (χ1n) is 5.39. The predicted molar refractivity (Wildman–Crippen MR) is 69.6 cm³/mol. The highest BCUT2D eigenvalue weighted by atomic mass is 79.9. The number of carbonyl (C=O) groups is 1. The fourth-order valence-electron chi connectivity index (χ4n) is 1.34. The number of amides is 1. The van der Waals surface area contributed by atoms with Gasteiger partial charge in [-0.25, -0.2) is 4.39 Å². The van der Waals surface area contributed by atoms with Gasteiger partial charge in [-0.05, 0) is 18.2 Å². The van der Waals surface area contributed by atoms with Crippen LogP contribution in [0.3, 0.4) is 0 Å². The Labute approximate surface area is 121 Å². The fraction of sp³-hybridized carbons (Fsp3) is 0.0833. The lowest BCUT2D eigenvalue weighted by molar-refractivity contribution is 0.0957. The standard InChI is InChI=1S/C12H8BrF2N3O2/c1-16-12(19)8-2-3-10(18-17-8)20-9-5-6(13)4-7(14)11(9)15/h2-5H,1H3,(H,16,19). The molecule has 104 valence electrons. The molecule has 0 radical (unpaired) electrons. The number of ether oxygens (including phenoxy) is 1. The van der Waals surface area contributed by atoms with Gasteiger partial charge in [0.25, 0.3) is 5.91 Å². The molecule has 0 unspecified atom stereocenters. The largest absolute Gasteiger partial charge is 0.434 e. The maximum atomic E-state index is 13.5. The average molecular weight is 344 g/mol. The minimum absolute atomic E-state index is 0.0611. The van der Waals surface area contributed by atoms with Crippen molar-refractivity contribution in [3.63, 3.8) is 0 Å². The highest BCUT2D eigenvalue weighted by Gasteiger charge is 2.13. The summed E-state index contributed by atoms with van der Waals surface area (Å²) in [4.78, 5) is 11.3. The van der Waals surface area contributed by atoms with Crippen LogP contribution in [0.15, 0.2) is 28.7 Å². The van der Waals surface area contributed by atoms with Crippen LogP contribution in [0, 0.1) is 11.6 Å². The van der Waals surface area contributed by atoms with Crippen molar-refractivity contribution in [3.05, 3.63) is 46.1 Å². The highest BCUT2D eigenvalue weighted by molar-refractivity contribution is 9.10. The molecule has 5 nitrogen and oxygen atoms in total. The van der Waals surface area contributed by atoms with E-state index in [9.17, 15) is 13.6 Å². The van der Waals surface area contributed by atoms with Gasteiger partial charge >= 0.3 is 0 Å².